The van der Waals surface area contributed by atoms with Gasteiger partial charge in [0.1, 0.15) is 23.1 Å². The molecule has 0 saturated carbocycles. The second kappa shape index (κ2) is 5.52. The van der Waals surface area contributed by atoms with Crippen LogP contribution in [0.2, 0.25) is 0 Å². The highest BCUT2D eigenvalue weighted by Crippen LogP contribution is 2.29. The molecule has 0 aliphatic heterocycles. The molecule has 0 unspecified atom stereocenters. The fourth-order valence-corrected chi connectivity index (χ4v) is 1.69. The van der Waals surface area contributed by atoms with Crippen molar-refractivity contribution in [3.05, 3.63) is 40.7 Å². The lowest BCUT2D eigenvalue weighted by Gasteiger charge is -2.14. The number of hydrogen-bond acceptors (Lipinski definition) is 5. The van der Waals surface area contributed by atoms with Gasteiger partial charge in [0.05, 0.1) is 0 Å². The zero-order valence-corrected chi connectivity index (χ0v) is 11.1. The first-order chi connectivity index (χ1) is 9.85. The molecule has 9 heteroatoms. The summed E-state index contributed by atoms with van der Waals surface area (Å²) in [5.74, 6) is -0.453. The Hall–Kier alpha value is -2.42. The molecule has 0 spiro atoms. The summed E-state index contributed by atoms with van der Waals surface area (Å²) in [4.78, 5) is 7.87. The molecule has 1 heterocycles. The number of hydrogen-bond donors (Lipinski definition) is 3. The van der Waals surface area contributed by atoms with Gasteiger partial charge in [-0.1, -0.05) is 0 Å². The van der Waals surface area contributed by atoms with E-state index in [9.17, 15) is 17.6 Å². The van der Waals surface area contributed by atoms with E-state index in [1.165, 1.54) is 13.8 Å². The summed E-state index contributed by atoms with van der Waals surface area (Å²) < 4.78 is 53.6. The van der Waals surface area contributed by atoms with Crippen LogP contribution in [-0.4, -0.2) is 9.97 Å². The van der Waals surface area contributed by atoms with Crippen LogP contribution in [0.15, 0.2) is 6.07 Å². The Labute approximate surface area is 117 Å². The van der Waals surface area contributed by atoms with Crippen LogP contribution in [0.4, 0.5) is 34.9 Å². The lowest BCUT2D eigenvalue weighted by molar-refractivity contribution is 0.459. The Kier molecular flexibility index (Phi) is 3.94. The second-order valence-corrected chi connectivity index (χ2v) is 4.21. The van der Waals surface area contributed by atoms with Gasteiger partial charge in [-0.15, -0.1) is 0 Å². The van der Waals surface area contributed by atoms with Gasteiger partial charge in [-0.3, -0.25) is 0 Å². The van der Waals surface area contributed by atoms with E-state index in [2.05, 4.69) is 20.7 Å². The summed E-state index contributed by atoms with van der Waals surface area (Å²) in [5.41, 5.74) is 1.64. The third-order valence-corrected chi connectivity index (χ3v) is 2.75. The molecule has 0 radical (unpaired) electrons. The number of nitrogens with two attached hydrogens (primary N) is 1. The smallest absolute Gasteiger partial charge is 0.185 e. The molecule has 1 aromatic heterocycles. The summed E-state index contributed by atoms with van der Waals surface area (Å²) in [5, 5.41) is 2.23. The Balaban J connectivity index is 2.56. The molecule has 0 aliphatic carbocycles. The van der Waals surface area contributed by atoms with Crippen LogP contribution < -0.4 is 16.6 Å². The van der Waals surface area contributed by atoms with Gasteiger partial charge in [0, 0.05) is 11.6 Å². The Morgan fingerprint density at radius 1 is 0.952 bits per heavy atom. The van der Waals surface area contributed by atoms with Crippen LogP contribution >= 0.6 is 0 Å². The number of halogens is 4. The summed E-state index contributed by atoms with van der Waals surface area (Å²) in [7, 11) is 0. The molecule has 112 valence electrons. The minimum Gasteiger partial charge on any atom is -0.335 e. The van der Waals surface area contributed by atoms with E-state index in [4.69, 9.17) is 5.84 Å². The number of nitrogen functional groups attached to an aromatic ring is 1. The second-order valence-electron chi connectivity index (χ2n) is 4.21. The van der Waals surface area contributed by atoms with Gasteiger partial charge in [0.2, 0.25) is 0 Å². The van der Waals surface area contributed by atoms with Crippen LogP contribution in [0, 0.1) is 37.1 Å². The number of hydrazine groups is 1. The topological polar surface area (TPSA) is 75.9 Å². The van der Waals surface area contributed by atoms with Crippen molar-refractivity contribution in [2.75, 3.05) is 10.7 Å². The van der Waals surface area contributed by atoms with Crippen molar-refractivity contribution in [1.29, 1.82) is 0 Å². The molecule has 0 saturated heterocycles. The third kappa shape index (κ3) is 2.72. The first-order valence-electron chi connectivity index (χ1n) is 5.77. The van der Waals surface area contributed by atoms with E-state index in [1.807, 2.05) is 0 Å². The molecule has 2 aromatic rings. The summed E-state index contributed by atoms with van der Waals surface area (Å²) >= 11 is 0. The first kappa shape index (κ1) is 15.0. The van der Waals surface area contributed by atoms with Crippen molar-refractivity contribution in [2.24, 2.45) is 5.84 Å². The molecular weight excluding hydrogens is 290 g/mol. The van der Waals surface area contributed by atoms with Crippen molar-refractivity contribution in [3.63, 3.8) is 0 Å². The number of rotatable bonds is 3. The van der Waals surface area contributed by atoms with E-state index < -0.39 is 29.0 Å². The van der Waals surface area contributed by atoms with Crippen molar-refractivity contribution in [1.82, 2.24) is 9.97 Å². The SMILES string of the molecule is Cc1nc(NN)c(C)c(Nc2c(F)c(F)cc(F)c2F)n1. The molecule has 0 atom stereocenters. The predicted molar refractivity (Wildman–Crippen MR) is 68.9 cm³/mol. The fourth-order valence-electron chi connectivity index (χ4n) is 1.69. The van der Waals surface area contributed by atoms with Crippen LogP contribution in [0.5, 0.6) is 0 Å². The molecule has 2 rings (SSSR count). The number of aryl methyl sites for hydroxylation is 1. The molecule has 21 heavy (non-hydrogen) atoms. The number of aromatic nitrogens is 2. The van der Waals surface area contributed by atoms with Crippen molar-refractivity contribution in [2.45, 2.75) is 13.8 Å². The van der Waals surface area contributed by atoms with Gasteiger partial charge in [-0.2, -0.15) is 0 Å². The largest absolute Gasteiger partial charge is 0.335 e. The van der Waals surface area contributed by atoms with Crippen LogP contribution in [0.1, 0.15) is 11.4 Å². The number of anilines is 3. The molecule has 5 nitrogen and oxygen atoms in total. The van der Waals surface area contributed by atoms with Gasteiger partial charge in [0.25, 0.3) is 0 Å². The zero-order chi connectivity index (χ0) is 15.7. The van der Waals surface area contributed by atoms with Crippen molar-refractivity contribution < 1.29 is 17.6 Å². The molecule has 1 aromatic carbocycles. The van der Waals surface area contributed by atoms with Gasteiger partial charge in [0.15, 0.2) is 23.3 Å². The molecule has 0 bridgehead atoms. The Bertz CT molecular complexity index is 679. The summed E-state index contributed by atoms with van der Waals surface area (Å²) in [6, 6.07) is 0.126. The van der Waals surface area contributed by atoms with Crippen molar-refractivity contribution in [3.8, 4) is 0 Å². The van der Waals surface area contributed by atoms with Gasteiger partial charge in [-0.25, -0.2) is 33.4 Å². The monoisotopic (exact) mass is 301 g/mol. The Morgan fingerprint density at radius 2 is 1.48 bits per heavy atom. The molecule has 0 fully saturated rings. The van der Waals surface area contributed by atoms with Gasteiger partial charge < -0.3 is 10.7 Å². The van der Waals surface area contributed by atoms with E-state index >= 15 is 0 Å². The third-order valence-electron chi connectivity index (χ3n) is 2.75. The number of benzene rings is 1. The predicted octanol–water partition coefficient (Wildman–Crippen LogP) is 2.68. The number of nitrogens with zero attached hydrogens (tertiary/aromatic N) is 2. The van der Waals surface area contributed by atoms with E-state index in [0.717, 1.165) is 0 Å². The highest BCUT2D eigenvalue weighted by atomic mass is 19.2. The fraction of sp³-hybridized carbons (Fsp3) is 0.167. The zero-order valence-electron chi connectivity index (χ0n) is 11.1. The van der Waals surface area contributed by atoms with Crippen LogP contribution in [0.3, 0.4) is 0 Å². The molecular formula is C12H11F4N5. The van der Waals surface area contributed by atoms with E-state index in [-0.39, 0.29) is 23.5 Å². The maximum absolute atomic E-state index is 13.6. The van der Waals surface area contributed by atoms with Crippen molar-refractivity contribution >= 4 is 17.3 Å². The van der Waals surface area contributed by atoms with E-state index in [1.54, 1.807) is 0 Å². The lowest BCUT2D eigenvalue weighted by atomic mass is 10.2. The van der Waals surface area contributed by atoms with Gasteiger partial charge >= 0.3 is 0 Å². The quantitative estimate of drug-likeness (QED) is 0.352. The minimum absolute atomic E-state index is 0.0294. The number of nitrogens with one attached hydrogen (secondary N) is 2. The highest BCUT2D eigenvalue weighted by molar-refractivity contribution is 5.65. The van der Waals surface area contributed by atoms with E-state index in [0.29, 0.717) is 5.56 Å². The standard InChI is InChI=1S/C12H11F4N5/c1-4-11(18-5(2)19-12(4)21-17)20-10-8(15)6(13)3-7(14)9(10)16/h3H,17H2,1-2H3,(H2,18,19,20,21). The van der Waals surface area contributed by atoms with Gasteiger partial charge in [-0.05, 0) is 13.8 Å². The molecule has 0 aliphatic rings. The van der Waals surface area contributed by atoms with Crippen LogP contribution in [0.25, 0.3) is 0 Å². The highest BCUT2D eigenvalue weighted by Gasteiger charge is 2.21. The normalized spacial score (nSPS) is 10.6. The van der Waals surface area contributed by atoms with Crippen LogP contribution in [-0.2, 0) is 0 Å². The molecule has 0 amide bonds. The molecule has 4 N–H and O–H groups in total. The maximum Gasteiger partial charge on any atom is 0.185 e. The summed E-state index contributed by atoms with van der Waals surface area (Å²) in [6.07, 6.45) is 0. The Morgan fingerprint density at radius 3 is 2.00 bits per heavy atom. The minimum atomic E-state index is -1.55. The first-order valence-corrected chi connectivity index (χ1v) is 5.77. The summed E-state index contributed by atoms with van der Waals surface area (Å²) in [6.45, 7) is 3.03. The lowest BCUT2D eigenvalue weighted by Crippen LogP contribution is -2.14. The average Bonchev–Trinajstić information content (AvgIpc) is 2.44. The maximum atomic E-state index is 13.6. The average molecular weight is 301 g/mol.